The Balaban J connectivity index is 1.31. The molecule has 1 amide bonds. The van der Waals surface area contributed by atoms with E-state index >= 15 is 0 Å². The van der Waals surface area contributed by atoms with Crippen molar-refractivity contribution in [3.05, 3.63) is 122 Å². The molecular formula is C81H137NO18. The van der Waals surface area contributed by atoms with Crippen LogP contribution >= 0.6 is 0 Å². The van der Waals surface area contributed by atoms with Crippen LogP contribution in [0.25, 0.3) is 0 Å². The molecule has 12 N–H and O–H groups in total. The second kappa shape index (κ2) is 60.5. The molecule has 0 aliphatic carbocycles. The Bertz CT molecular complexity index is 2280. The molecule has 3 rings (SSSR count). The van der Waals surface area contributed by atoms with Crippen molar-refractivity contribution in [3.8, 4) is 0 Å². The number of allylic oxidation sites excluding steroid dienone is 19. The van der Waals surface area contributed by atoms with Crippen LogP contribution < -0.4 is 5.32 Å². The minimum Gasteiger partial charge on any atom is -0.394 e. The number of amides is 1. The maximum Gasteiger partial charge on any atom is 0.220 e. The molecule has 0 saturated carbocycles. The first kappa shape index (κ1) is 90.4. The molecule has 17 atom stereocenters. The maximum absolute atomic E-state index is 13.4. The van der Waals surface area contributed by atoms with Crippen molar-refractivity contribution in [2.75, 3.05) is 26.4 Å². The van der Waals surface area contributed by atoms with Crippen molar-refractivity contribution in [1.82, 2.24) is 5.32 Å². The van der Waals surface area contributed by atoms with Gasteiger partial charge in [0.2, 0.25) is 5.91 Å². The first-order valence-corrected chi connectivity index (χ1v) is 38.8. The summed E-state index contributed by atoms with van der Waals surface area (Å²) in [7, 11) is 0. The van der Waals surface area contributed by atoms with E-state index in [9.17, 15) is 61.0 Å². The summed E-state index contributed by atoms with van der Waals surface area (Å²) in [6, 6.07) is -0.980. The van der Waals surface area contributed by atoms with Crippen molar-refractivity contribution < 1.29 is 89.4 Å². The smallest absolute Gasteiger partial charge is 0.220 e. The monoisotopic (exact) mass is 1410 g/mol. The van der Waals surface area contributed by atoms with Crippen molar-refractivity contribution >= 4 is 5.91 Å². The number of ether oxygens (including phenoxy) is 6. The van der Waals surface area contributed by atoms with Gasteiger partial charge in [0.05, 0.1) is 38.6 Å². The van der Waals surface area contributed by atoms with E-state index in [0.29, 0.717) is 6.42 Å². The molecule has 3 saturated heterocycles. The van der Waals surface area contributed by atoms with Crippen molar-refractivity contribution in [2.24, 2.45) is 0 Å². The van der Waals surface area contributed by atoms with Crippen molar-refractivity contribution in [1.29, 1.82) is 0 Å². The Kier molecular flexibility index (Phi) is 54.7. The molecule has 3 heterocycles. The number of unbranched alkanes of at least 4 members (excludes halogenated alkanes) is 25. The van der Waals surface area contributed by atoms with E-state index < -0.39 is 124 Å². The fourth-order valence-electron chi connectivity index (χ4n) is 12.3. The molecular weight excluding hydrogens is 1270 g/mol. The number of hydrogen-bond acceptors (Lipinski definition) is 18. The largest absolute Gasteiger partial charge is 0.394 e. The molecule has 0 radical (unpaired) electrons. The lowest BCUT2D eigenvalue weighted by atomic mass is 9.96. The molecule has 3 aliphatic heterocycles. The van der Waals surface area contributed by atoms with Crippen LogP contribution in [0.1, 0.15) is 251 Å². The molecule has 0 aromatic carbocycles. The van der Waals surface area contributed by atoms with E-state index in [-0.39, 0.29) is 18.9 Å². The SMILES string of the molecule is CC/C=C\C/C=C\C/C=C\C/C=C\C/C=C\C/C=C\C/C=C\C/C=C\C/C=C\CCCCCCCCCCCCCCCC(=O)NC(COC1OC(CO)C(OC2OC(CO)C(OC3OC(CO)C(O)C(O)C3O)C(O)C2O)C(O)C1O)C(O)/C=C/CCCCCCCCCCCCCC. The van der Waals surface area contributed by atoms with Gasteiger partial charge in [-0.15, -0.1) is 0 Å². The third kappa shape index (κ3) is 40.5. The fraction of sp³-hybridized carbons (Fsp3) is 0.741. The molecule has 0 bridgehead atoms. The number of nitrogens with one attached hydrogen (secondary N) is 1. The van der Waals surface area contributed by atoms with Gasteiger partial charge in [-0.3, -0.25) is 4.79 Å². The van der Waals surface area contributed by atoms with Crippen molar-refractivity contribution in [2.45, 2.75) is 356 Å². The van der Waals surface area contributed by atoms with E-state index in [1.807, 2.05) is 6.08 Å². The number of carbonyl (C=O) groups is 1. The predicted molar refractivity (Wildman–Crippen MR) is 397 cm³/mol. The molecule has 3 aliphatic rings. The summed E-state index contributed by atoms with van der Waals surface area (Å²) in [6.07, 6.45) is 57.6. The quantitative estimate of drug-likeness (QED) is 0.0199. The Morgan fingerprint density at radius 1 is 0.370 bits per heavy atom. The summed E-state index contributed by atoms with van der Waals surface area (Å²) in [4.78, 5) is 13.4. The summed E-state index contributed by atoms with van der Waals surface area (Å²) in [5.41, 5.74) is 0. The molecule has 0 spiro atoms. The van der Waals surface area contributed by atoms with Gasteiger partial charge in [-0.05, 0) is 89.9 Å². The van der Waals surface area contributed by atoms with Gasteiger partial charge < -0.3 is 89.9 Å². The summed E-state index contributed by atoms with van der Waals surface area (Å²) >= 11 is 0. The van der Waals surface area contributed by atoms with E-state index in [1.165, 1.54) is 109 Å². The number of rotatable bonds is 59. The Labute approximate surface area is 601 Å². The number of carbonyl (C=O) groups excluding carboxylic acids is 1. The lowest BCUT2D eigenvalue weighted by molar-refractivity contribution is -0.379. The first-order valence-electron chi connectivity index (χ1n) is 38.8. The highest BCUT2D eigenvalue weighted by Crippen LogP contribution is 2.33. The maximum atomic E-state index is 13.4. The van der Waals surface area contributed by atoms with Crippen LogP contribution in [0, 0.1) is 0 Å². The predicted octanol–water partition coefficient (Wildman–Crippen LogP) is 12.3. The number of aliphatic hydroxyl groups is 11. The van der Waals surface area contributed by atoms with E-state index in [4.69, 9.17) is 28.4 Å². The summed E-state index contributed by atoms with van der Waals surface area (Å²) in [6.45, 7) is 1.61. The summed E-state index contributed by atoms with van der Waals surface area (Å²) < 4.78 is 34.4. The normalized spacial score (nSPS) is 27.1. The van der Waals surface area contributed by atoms with Crippen LogP contribution in [0.2, 0.25) is 0 Å². The Hall–Kier alpha value is -3.81. The lowest BCUT2D eigenvalue weighted by Crippen LogP contribution is -2.66. The van der Waals surface area contributed by atoms with Crippen LogP contribution in [0.15, 0.2) is 122 Å². The molecule has 19 heteroatoms. The minimum atomic E-state index is -1.98. The molecule has 574 valence electrons. The van der Waals surface area contributed by atoms with Gasteiger partial charge in [0.15, 0.2) is 18.9 Å². The van der Waals surface area contributed by atoms with Crippen LogP contribution in [-0.2, 0) is 33.2 Å². The second-order valence-electron chi connectivity index (χ2n) is 27.1. The van der Waals surface area contributed by atoms with Gasteiger partial charge in [-0.2, -0.15) is 0 Å². The number of aliphatic hydroxyl groups excluding tert-OH is 11. The zero-order chi connectivity index (χ0) is 72.5. The summed E-state index contributed by atoms with van der Waals surface area (Å²) in [5, 5.41) is 121. The topological polar surface area (TPSA) is 307 Å². The molecule has 17 unspecified atom stereocenters. The highest BCUT2D eigenvalue weighted by Gasteiger charge is 2.53. The zero-order valence-corrected chi connectivity index (χ0v) is 61.1. The van der Waals surface area contributed by atoms with Crippen LogP contribution in [0.5, 0.6) is 0 Å². The van der Waals surface area contributed by atoms with Gasteiger partial charge in [-0.25, -0.2) is 0 Å². The fourth-order valence-corrected chi connectivity index (χ4v) is 12.3. The third-order valence-electron chi connectivity index (χ3n) is 18.5. The minimum absolute atomic E-state index is 0.236. The van der Waals surface area contributed by atoms with Crippen LogP contribution in [0.4, 0.5) is 0 Å². The van der Waals surface area contributed by atoms with E-state index in [0.717, 1.165) is 116 Å². The second-order valence-corrected chi connectivity index (χ2v) is 27.1. The molecule has 100 heavy (non-hydrogen) atoms. The zero-order valence-electron chi connectivity index (χ0n) is 61.1. The van der Waals surface area contributed by atoms with E-state index in [2.05, 4.69) is 129 Å². The highest BCUT2D eigenvalue weighted by molar-refractivity contribution is 5.76. The van der Waals surface area contributed by atoms with E-state index in [1.54, 1.807) is 6.08 Å². The van der Waals surface area contributed by atoms with Gasteiger partial charge >= 0.3 is 0 Å². The molecule has 3 fully saturated rings. The standard InChI is InChI=1S/C81H137NO18/c1-3-5-7-9-11-13-15-17-19-20-21-22-23-24-25-26-27-28-29-30-31-32-33-34-35-36-37-38-39-40-41-42-43-44-45-47-49-51-53-55-57-59-69(87)82-64(65(86)58-56-54-52-50-48-46-18-16-14-12-10-8-6-4-2)63-95-79-75(93)72(90)77(67(61-84)97-79)100-81-76(94)73(91)78(68(62-85)98-81)99-80-74(92)71(89)70(88)66(60-83)96-80/h5,7,11,13,17,19,21-22,24-25,27-28,30-31,33-34,36-37,56,58,64-68,70-81,83-86,88-94H,3-4,6,8-10,12,14-16,18,20,23,26,29,32,35,38-55,57,59-63H2,1-2H3,(H,82,87)/b7-5-,13-11-,19-17-,22-21-,25-24-,28-27-,31-30-,34-33-,37-36-,58-56+. The molecule has 0 aromatic rings. The Morgan fingerprint density at radius 2 is 0.690 bits per heavy atom. The Morgan fingerprint density at radius 3 is 1.08 bits per heavy atom. The first-order chi connectivity index (χ1) is 48.8. The highest BCUT2D eigenvalue weighted by atomic mass is 16.8. The average molecular weight is 1410 g/mol. The summed E-state index contributed by atoms with van der Waals surface area (Å²) in [5.74, 6) is -0.281. The number of hydrogen-bond donors (Lipinski definition) is 12. The third-order valence-corrected chi connectivity index (χ3v) is 18.5. The van der Waals surface area contributed by atoms with Crippen LogP contribution in [0.3, 0.4) is 0 Å². The van der Waals surface area contributed by atoms with Crippen LogP contribution in [-0.4, -0.2) is 193 Å². The van der Waals surface area contributed by atoms with Gasteiger partial charge in [-0.1, -0.05) is 277 Å². The molecule has 19 nitrogen and oxygen atoms in total. The average Bonchev–Trinajstić information content (AvgIpc) is 0.783. The van der Waals surface area contributed by atoms with Gasteiger partial charge in [0.25, 0.3) is 0 Å². The van der Waals surface area contributed by atoms with Gasteiger partial charge in [0.1, 0.15) is 73.2 Å². The lowest BCUT2D eigenvalue weighted by Gasteiger charge is -2.48. The molecule has 0 aromatic heterocycles. The van der Waals surface area contributed by atoms with Crippen molar-refractivity contribution in [3.63, 3.8) is 0 Å². The van der Waals surface area contributed by atoms with Gasteiger partial charge in [0, 0.05) is 6.42 Å².